The molecule has 1 aliphatic heterocycles. The van der Waals surface area contributed by atoms with E-state index in [2.05, 4.69) is 54.6 Å². The van der Waals surface area contributed by atoms with Gasteiger partial charge in [-0.05, 0) is 30.2 Å². The van der Waals surface area contributed by atoms with Crippen molar-refractivity contribution < 1.29 is 4.42 Å². The first-order valence-electron chi connectivity index (χ1n) is 7.93. The number of rotatable bonds is 1. The van der Waals surface area contributed by atoms with Gasteiger partial charge in [0.1, 0.15) is 11.2 Å². The second kappa shape index (κ2) is 4.82. The van der Waals surface area contributed by atoms with Crippen molar-refractivity contribution >= 4 is 27.7 Å². The minimum absolute atomic E-state index is 0.236. The Kier molecular flexibility index (Phi) is 2.65. The minimum Gasteiger partial charge on any atom is -0.455 e. The van der Waals surface area contributed by atoms with Gasteiger partial charge in [0.05, 0.1) is 11.8 Å². The molecule has 0 N–H and O–H groups in total. The highest BCUT2D eigenvalue weighted by atomic mass is 16.3. The smallest absolute Gasteiger partial charge is 0.144 e. The largest absolute Gasteiger partial charge is 0.455 e. The molecule has 0 saturated carbocycles. The lowest BCUT2D eigenvalue weighted by Crippen LogP contribution is -2.16. The maximum absolute atomic E-state index is 6.13. The van der Waals surface area contributed by atoms with Crippen LogP contribution < -0.4 is 0 Å². The van der Waals surface area contributed by atoms with Gasteiger partial charge in [0.25, 0.3) is 0 Å². The highest BCUT2D eigenvalue weighted by molar-refractivity contribution is 6.19. The number of allylic oxidation sites excluding steroid dienone is 3. The Labute approximate surface area is 134 Å². The predicted octanol–water partition coefficient (Wildman–Crippen LogP) is 5.20. The Balaban J connectivity index is 1.72. The lowest BCUT2D eigenvalue weighted by Gasteiger charge is -2.20. The number of benzene rings is 2. The van der Waals surface area contributed by atoms with Crippen molar-refractivity contribution in [3.63, 3.8) is 0 Å². The van der Waals surface area contributed by atoms with Crippen molar-refractivity contribution in [2.75, 3.05) is 0 Å². The average Bonchev–Trinajstić information content (AvgIpc) is 3.00. The van der Waals surface area contributed by atoms with Crippen molar-refractivity contribution in [1.29, 1.82) is 0 Å². The van der Waals surface area contributed by atoms with Crippen LogP contribution in [0.25, 0.3) is 21.9 Å². The standard InChI is InChI=1S/C21H15NO/c1-3-10-18-14(6-1)12-13-19(22-18)17-9-5-8-16-15-7-2-4-11-20(15)23-21(16)17/h1-9,11-13,18H,10H2. The molecular formula is C21H15NO. The van der Waals surface area contributed by atoms with Crippen molar-refractivity contribution in [2.45, 2.75) is 12.5 Å². The van der Waals surface area contributed by atoms with Crippen LogP contribution in [0.15, 0.2) is 87.8 Å². The number of nitrogens with zero attached hydrogens (tertiary/aromatic N) is 1. The molecule has 0 saturated heterocycles. The molecule has 110 valence electrons. The normalized spacial score (nSPS) is 19.7. The zero-order chi connectivity index (χ0) is 15.2. The maximum atomic E-state index is 6.13. The summed E-state index contributed by atoms with van der Waals surface area (Å²) in [4.78, 5) is 4.94. The molecule has 23 heavy (non-hydrogen) atoms. The van der Waals surface area contributed by atoms with Crippen LogP contribution in [0.4, 0.5) is 0 Å². The van der Waals surface area contributed by atoms with Crippen molar-refractivity contribution in [3.05, 3.63) is 84.0 Å². The molecule has 2 nitrogen and oxygen atoms in total. The van der Waals surface area contributed by atoms with E-state index in [0.29, 0.717) is 0 Å². The van der Waals surface area contributed by atoms with Gasteiger partial charge in [-0.2, -0.15) is 0 Å². The second-order valence-electron chi connectivity index (χ2n) is 5.97. The molecule has 2 aromatic carbocycles. The molecule has 1 aromatic heterocycles. The summed E-state index contributed by atoms with van der Waals surface area (Å²) in [6, 6.07) is 14.7. The van der Waals surface area contributed by atoms with E-state index in [1.807, 2.05) is 18.2 Å². The van der Waals surface area contributed by atoms with Crippen molar-refractivity contribution in [3.8, 4) is 0 Å². The molecule has 5 rings (SSSR count). The number of furan rings is 1. The molecule has 2 aliphatic rings. The summed E-state index contributed by atoms with van der Waals surface area (Å²) >= 11 is 0. The monoisotopic (exact) mass is 297 g/mol. The Morgan fingerprint density at radius 2 is 1.87 bits per heavy atom. The van der Waals surface area contributed by atoms with Gasteiger partial charge in [0.2, 0.25) is 0 Å². The number of hydrogen-bond donors (Lipinski definition) is 0. The van der Waals surface area contributed by atoms with E-state index >= 15 is 0 Å². The van der Waals surface area contributed by atoms with E-state index in [1.54, 1.807) is 0 Å². The maximum Gasteiger partial charge on any atom is 0.144 e. The first kappa shape index (κ1) is 12.7. The zero-order valence-corrected chi connectivity index (χ0v) is 12.6. The molecule has 2 heteroatoms. The Bertz CT molecular complexity index is 1050. The summed E-state index contributed by atoms with van der Waals surface area (Å²) in [6.45, 7) is 0. The number of hydrogen-bond acceptors (Lipinski definition) is 2. The van der Waals surface area contributed by atoms with Crippen LogP contribution in [-0.2, 0) is 0 Å². The molecule has 3 aromatic rings. The Morgan fingerprint density at radius 1 is 0.957 bits per heavy atom. The van der Waals surface area contributed by atoms with Gasteiger partial charge < -0.3 is 4.42 Å². The zero-order valence-electron chi connectivity index (χ0n) is 12.6. The molecule has 0 amide bonds. The van der Waals surface area contributed by atoms with Crippen molar-refractivity contribution in [2.24, 2.45) is 4.99 Å². The van der Waals surface area contributed by atoms with Gasteiger partial charge in [-0.25, -0.2) is 0 Å². The van der Waals surface area contributed by atoms with Gasteiger partial charge in [-0.15, -0.1) is 0 Å². The SMILES string of the molecule is C1=CCC2N=C(c3cccc4c3oc3ccccc34)C=CC2=C1. The fraction of sp³-hybridized carbons (Fsp3) is 0.0952. The van der Waals surface area contributed by atoms with Crippen LogP contribution in [0.1, 0.15) is 12.0 Å². The lowest BCUT2D eigenvalue weighted by molar-refractivity contribution is 0.668. The first-order valence-corrected chi connectivity index (χ1v) is 7.93. The topological polar surface area (TPSA) is 25.5 Å². The summed E-state index contributed by atoms with van der Waals surface area (Å²) in [5, 5.41) is 2.31. The molecule has 0 bridgehead atoms. The summed E-state index contributed by atoms with van der Waals surface area (Å²) < 4.78 is 6.13. The summed E-state index contributed by atoms with van der Waals surface area (Å²) in [6.07, 6.45) is 11.7. The number of fused-ring (bicyclic) bond motifs is 4. The van der Waals surface area contributed by atoms with E-state index in [-0.39, 0.29) is 6.04 Å². The quantitative estimate of drug-likeness (QED) is 0.606. The third-order valence-electron chi connectivity index (χ3n) is 4.58. The number of dihydropyridines is 1. The van der Waals surface area contributed by atoms with Gasteiger partial charge in [-0.3, -0.25) is 4.99 Å². The predicted molar refractivity (Wildman–Crippen MR) is 95.0 cm³/mol. The fourth-order valence-corrected chi connectivity index (χ4v) is 3.42. The summed E-state index contributed by atoms with van der Waals surface area (Å²) in [5.41, 5.74) is 5.22. The van der Waals surface area contributed by atoms with E-state index in [0.717, 1.165) is 39.6 Å². The summed E-state index contributed by atoms with van der Waals surface area (Å²) in [5.74, 6) is 0. The number of para-hydroxylation sites is 2. The molecule has 1 aliphatic carbocycles. The molecule has 2 heterocycles. The van der Waals surface area contributed by atoms with Crippen LogP contribution in [0.2, 0.25) is 0 Å². The number of aliphatic imine (C=N–C) groups is 1. The van der Waals surface area contributed by atoms with Gasteiger partial charge in [-0.1, -0.05) is 54.6 Å². The third kappa shape index (κ3) is 1.92. The highest BCUT2D eigenvalue weighted by Gasteiger charge is 2.19. The van der Waals surface area contributed by atoms with E-state index < -0.39 is 0 Å². The second-order valence-corrected chi connectivity index (χ2v) is 5.97. The van der Waals surface area contributed by atoms with E-state index in [9.17, 15) is 0 Å². The molecule has 0 radical (unpaired) electrons. The lowest BCUT2D eigenvalue weighted by atomic mass is 9.94. The van der Waals surface area contributed by atoms with Gasteiger partial charge in [0.15, 0.2) is 0 Å². The minimum atomic E-state index is 0.236. The molecular weight excluding hydrogens is 282 g/mol. The first-order chi connectivity index (χ1) is 11.4. The Hall–Kier alpha value is -2.87. The van der Waals surface area contributed by atoms with Gasteiger partial charge >= 0.3 is 0 Å². The fourth-order valence-electron chi connectivity index (χ4n) is 3.42. The van der Waals surface area contributed by atoms with E-state index in [1.165, 1.54) is 5.57 Å². The van der Waals surface area contributed by atoms with Crippen molar-refractivity contribution in [1.82, 2.24) is 0 Å². The molecule has 0 fully saturated rings. The average molecular weight is 297 g/mol. The molecule has 0 spiro atoms. The van der Waals surface area contributed by atoms with Crippen LogP contribution in [0.5, 0.6) is 0 Å². The van der Waals surface area contributed by atoms with Gasteiger partial charge in [0, 0.05) is 16.3 Å². The third-order valence-corrected chi connectivity index (χ3v) is 4.58. The van der Waals surface area contributed by atoms with E-state index in [4.69, 9.17) is 9.41 Å². The molecule has 1 atom stereocenters. The van der Waals surface area contributed by atoms with Crippen LogP contribution in [0, 0.1) is 0 Å². The van der Waals surface area contributed by atoms with Crippen LogP contribution >= 0.6 is 0 Å². The summed E-state index contributed by atoms with van der Waals surface area (Å²) in [7, 11) is 0. The highest BCUT2D eigenvalue weighted by Crippen LogP contribution is 2.32. The Morgan fingerprint density at radius 3 is 2.87 bits per heavy atom. The molecule has 1 unspecified atom stereocenters. The van der Waals surface area contributed by atoms with Crippen LogP contribution in [-0.4, -0.2) is 11.8 Å². The van der Waals surface area contributed by atoms with Crippen LogP contribution in [0.3, 0.4) is 0 Å².